The quantitative estimate of drug-likeness (QED) is 0.729. The van der Waals surface area contributed by atoms with Crippen LogP contribution in [-0.4, -0.2) is 63.2 Å². The van der Waals surface area contributed by atoms with E-state index < -0.39 is 0 Å². The van der Waals surface area contributed by atoms with Crippen molar-refractivity contribution in [3.8, 4) is 0 Å². The van der Waals surface area contributed by atoms with Crippen molar-refractivity contribution >= 4 is 0 Å². The van der Waals surface area contributed by atoms with Gasteiger partial charge in [0.2, 0.25) is 0 Å². The summed E-state index contributed by atoms with van der Waals surface area (Å²) in [6.07, 6.45) is 5.44. The van der Waals surface area contributed by atoms with E-state index in [4.69, 9.17) is 0 Å². The lowest BCUT2D eigenvalue weighted by Gasteiger charge is -2.37. The Kier molecular flexibility index (Phi) is 7.96. The topological polar surface area (TPSA) is 18.5 Å². The summed E-state index contributed by atoms with van der Waals surface area (Å²) in [6, 6.07) is 0.748. The van der Waals surface area contributed by atoms with Crippen LogP contribution in [0.3, 0.4) is 0 Å². The van der Waals surface area contributed by atoms with E-state index in [1.165, 1.54) is 45.3 Å². The van der Waals surface area contributed by atoms with Gasteiger partial charge in [0.1, 0.15) is 0 Å². The van der Waals surface area contributed by atoms with Crippen molar-refractivity contribution < 1.29 is 0 Å². The Morgan fingerprint density at radius 3 is 2.47 bits per heavy atom. The molecule has 3 nitrogen and oxygen atoms in total. The van der Waals surface area contributed by atoms with E-state index in [-0.39, 0.29) is 0 Å². The maximum absolute atomic E-state index is 3.70. The summed E-state index contributed by atoms with van der Waals surface area (Å²) in [5, 5.41) is 3.70. The number of hydrogen-bond donors (Lipinski definition) is 1. The molecule has 114 valence electrons. The van der Waals surface area contributed by atoms with Crippen molar-refractivity contribution in [2.45, 2.75) is 45.6 Å². The zero-order valence-electron chi connectivity index (χ0n) is 13.8. The van der Waals surface area contributed by atoms with Crippen LogP contribution in [0.4, 0.5) is 0 Å². The van der Waals surface area contributed by atoms with E-state index in [0.717, 1.165) is 24.4 Å². The molecule has 1 fully saturated rings. The maximum atomic E-state index is 3.70. The summed E-state index contributed by atoms with van der Waals surface area (Å²) in [7, 11) is 6.60. The molecule has 0 radical (unpaired) electrons. The van der Waals surface area contributed by atoms with Crippen molar-refractivity contribution in [2.75, 3.05) is 47.3 Å². The average Bonchev–Trinajstić information content (AvgIpc) is 2.32. The Labute approximate surface area is 120 Å². The van der Waals surface area contributed by atoms with Gasteiger partial charge in [-0.2, -0.15) is 0 Å². The second kappa shape index (κ2) is 8.93. The first-order chi connectivity index (χ1) is 9.02. The molecule has 19 heavy (non-hydrogen) atoms. The molecular formula is C16H35N3. The molecule has 3 atom stereocenters. The number of rotatable bonds is 8. The third kappa shape index (κ3) is 6.73. The average molecular weight is 269 g/mol. The molecule has 1 rings (SSSR count). The first-order valence-corrected chi connectivity index (χ1v) is 8.09. The first-order valence-electron chi connectivity index (χ1n) is 8.09. The van der Waals surface area contributed by atoms with E-state index in [0.29, 0.717) is 0 Å². The lowest BCUT2D eigenvalue weighted by molar-refractivity contribution is 0.159. The zero-order chi connectivity index (χ0) is 14.3. The maximum Gasteiger partial charge on any atom is 0.0108 e. The Hall–Kier alpha value is -0.120. The Balaban J connectivity index is 2.33. The summed E-state index contributed by atoms with van der Waals surface area (Å²) in [5.74, 6) is 1.75. The highest BCUT2D eigenvalue weighted by atomic mass is 15.1. The molecule has 0 amide bonds. The lowest BCUT2D eigenvalue weighted by atomic mass is 9.78. The van der Waals surface area contributed by atoms with Crippen molar-refractivity contribution in [2.24, 2.45) is 11.8 Å². The minimum absolute atomic E-state index is 0.748. The highest BCUT2D eigenvalue weighted by molar-refractivity contribution is 4.84. The molecular weight excluding hydrogens is 234 g/mol. The Morgan fingerprint density at radius 2 is 1.84 bits per heavy atom. The molecule has 0 heterocycles. The fourth-order valence-corrected chi connectivity index (χ4v) is 3.38. The minimum Gasteiger partial charge on any atom is -0.314 e. The molecule has 0 aromatic rings. The van der Waals surface area contributed by atoms with E-state index in [1.54, 1.807) is 0 Å². The molecule has 1 N–H and O–H groups in total. The SMILES string of the molecule is CCNC1CCC(C)CC1CN(C)CCCN(C)C. The summed E-state index contributed by atoms with van der Waals surface area (Å²) in [4.78, 5) is 4.81. The molecule has 0 bridgehead atoms. The van der Waals surface area contributed by atoms with Crippen LogP contribution in [0.15, 0.2) is 0 Å². The van der Waals surface area contributed by atoms with Crippen LogP contribution in [0.2, 0.25) is 0 Å². The van der Waals surface area contributed by atoms with Gasteiger partial charge in [-0.05, 0) is 78.3 Å². The van der Waals surface area contributed by atoms with E-state index >= 15 is 0 Å². The van der Waals surface area contributed by atoms with Gasteiger partial charge in [0, 0.05) is 12.6 Å². The van der Waals surface area contributed by atoms with Crippen LogP contribution in [0, 0.1) is 11.8 Å². The zero-order valence-corrected chi connectivity index (χ0v) is 13.8. The summed E-state index contributed by atoms with van der Waals surface area (Å²) in [5.41, 5.74) is 0. The molecule has 1 aliphatic carbocycles. The van der Waals surface area contributed by atoms with Gasteiger partial charge in [-0.3, -0.25) is 0 Å². The van der Waals surface area contributed by atoms with Crippen LogP contribution in [0.25, 0.3) is 0 Å². The lowest BCUT2D eigenvalue weighted by Crippen LogP contribution is -2.45. The molecule has 3 heteroatoms. The molecule has 0 aromatic heterocycles. The van der Waals surface area contributed by atoms with E-state index in [9.17, 15) is 0 Å². The van der Waals surface area contributed by atoms with Gasteiger partial charge >= 0.3 is 0 Å². The molecule has 0 saturated heterocycles. The summed E-state index contributed by atoms with van der Waals surface area (Å²) >= 11 is 0. The third-order valence-corrected chi connectivity index (χ3v) is 4.40. The van der Waals surface area contributed by atoms with Crippen molar-refractivity contribution in [1.29, 1.82) is 0 Å². The minimum atomic E-state index is 0.748. The molecule has 1 aliphatic rings. The largest absolute Gasteiger partial charge is 0.314 e. The Bertz CT molecular complexity index is 230. The summed E-state index contributed by atoms with van der Waals surface area (Å²) in [6.45, 7) is 9.44. The van der Waals surface area contributed by atoms with Gasteiger partial charge in [0.15, 0.2) is 0 Å². The van der Waals surface area contributed by atoms with E-state index in [1.807, 2.05) is 0 Å². The standard InChI is InChI=1S/C16H35N3/c1-6-17-16-9-8-14(2)12-15(16)13-19(5)11-7-10-18(3)4/h14-17H,6-13H2,1-5H3. The van der Waals surface area contributed by atoms with Crippen LogP contribution < -0.4 is 5.32 Å². The predicted octanol–water partition coefficient (Wildman–Crippen LogP) is 2.28. The molecule has 3 unspecified atom stereocenters. The van der Waals surface area contributed by atoms with Crippen LogP contribution in [-0.2, 0) is 0 Å². The second-order valence-electron chi connectivity index (χ2n) is 6.76. The van der Waals surface area contributed by atoms with Crippen LogP contribution in [0.1, 0.15) is 39.5 Å². The van der Waals surface area contributed by atoms with Crippen molar-refractivity contribution in [1.82, 2.24) is 15.1 Å². The van der Waals surface area contributed by atoms with Gasteiger partial charge < -0.3 is 15.1 Å². The monoisotopic (exact) mass is 269 g/mol. The van der Waals surface area contributed by atoms with Gasteiger partial charge in [-0.25, -0.2) is 0 Å². The predicted molar refractivity (Wildman–Crippen MR) is 84.6 cm³/mol. The third-order valence-electron chi connectivity index (χ3n) is 4.40. The first kappa shape index (κ1) is 16.9. The molecule has 0 aromatic carbocycles. The fraction of sp³-hybridized carbons (Fsp3) is 1.00. The van der Waals surface area contributed by atoms with Gasteiger partial charge in [0.25, 0.3) is 0 Å². The highest BCUT2D eigenvalue weighted by Gasteiger charge is 2.28. The smallest absolute Gasteiger partial charge is 0.0108 e. The van der Waals surface area contributed by atoms with Gasteiger partial charge in [-0.15, -0.1) is 0 Å². The van der Waals surface area contributed by atoms with Crippen LogP contribution >= 0.6 is 0 Å². The number of hydrogen-bond acceptors (Lipinski definition) is 3. The van der Waals surface area contributed by atoms with Gasteiger partial charge in [0.05, 0.1) is 0 Å². The normalized spacial score (nSPS) is 28.3. The second-order valence-corrected chi connectivity index (χ2v) is 6.76. The van der Waals surface area contributed by atoms with Crippen molar-refractivity contribution in [3.63, 3.8) is 0 Å². The Morgan fingerprint density at radius 1 is 1.11 bits per heavy atom. The van der Waals surface area contributed by atoms with Crippen molar-refractivity contribution in [3.05, 3.63) is 0 Å². The van der Waals surface area contributed by atoms with Crippen LogP contribution in [0.5, 0.6) is 0 Å². The molecule has 0 aliphatic heterocycles. The highest BCUT2D eigenvalue weighted by Crippen LogP contribution is 2.29. The van der Waals surface area contributed by atoms with E-state index in [2.05, 4.69) is 50.1 Å². The fourth-order valence-electron chi connectivity index (χ4n) is 3.38. The number of nitrogens with zero attached hydrogens (tertiary/aromatic N) is 2. The number of nitrogens with one attached hydrogen (secondary N) is 1. The molecule has 1 saturated carbocycles. The summed E-state index contributed by atoms with van der Waals surface area (Å²) < 4.78 is 0. The van der Waals surface area contributed by atoms with Gasteiger partial charge in [-0.1, -0.05) is 13.8 Å². The molecule has 0 spiro atoms.